The van der Waals surface area contributed by atoms with Crippen LogP contribution < -0.4 is 0 Å². The van der Waals surface area contributed by atoms with Crippen LogP contribution in [0, 0.1) is 28.6 Å². The lowest BCUT2D eigenvalue weighted by Crippen LogP contribution is -2.60. The Hall–Kier alpha value is -1.14. The summed E-state index contributed by atoms with van der Waals surface area (Å²) in [6.45, 7) is 9.96. The number of piperazine rings is 1. The molecular formula is C26H42N2O4. The first-order valence-electron chi connectivity index (χ1n) is 13.0. The van der Waals surface area contributed by atoms with E-state index in [1.165, 1.54) is 6.42 Å². The van der Waals surface area contributed by atoms with Crippen LogP contribution in [0.4, 0.5) is 0 Å². The summed E-state index contributed by atoms with van der Waals surface area (Å²) in [6.07, 6.45) is 9.07. The Morgan fingerprint density at radius 3 is 2.59 bits per heavy atom. The maximum Gasteiger partial charge on any atom is 0.312 e. The molecule has 2 aliphatic heterocycles. The van der Waals surface area contributed by atoms with Gasteiger partial charge in [-0.25, -0.2) is 0 Å². The van der Waals surface area contributed by atoms with E-state index >= 15 is 0 Å². The van der Waals surface area contributed by atoms with E-state index in [0.29, 0.717) is 30.8 Å². The van der Waals surface area contributed by atoms with Crippen molar-refractivity contribution in [3.05, 3.63) is 0 Å². The topological polar surface area (TPSA) is 59.1 Å². The second-order valence-electron chi connectivity index (χ2n) is 12.2. The highest BCUT2D eigenvalue weighted by atomic mass is 16.6. The second kappa shape index (κ2) is 8.26. The summed E-state index contributed by atoms with van der Waals surface area (Å²) in [6, 6.07) is 0. The average Bonchev–Trinajstić information content (AvgIpc) is 2.73. The summed E-state index contributed by atoms with van der Waals surface area (Å²) in [5, 5.41) is 0. The summed E-state index contributed by atoms with van der Waals surface area (Å²) >= 11 is 0. The lowest BCUT2D eigenvalue weighted by atomic mass is 9.44. The summed E-state index contributed by atoms with van der Waals surface area (Å²) in [4.78, 5) is 30.7. The van der Waals surface area contributed by atoms with Crippen LogP contribution in [0.3, 0.4) is 0 Å². The van der Waals surface area contributed by atoms with Crippen molar-refractivity contribution in [1.29, 1.82) is 0 Å². The SMILES string of the molecule is CN1CCN(CCOC(=O)[C@]2(C)CCCC3[C@@H]4CC[C@@]5(C)C[C@]4(CC[C@@H]32)CC(=O)O5)CC1. The third-order valence-corrected chi connectivity index (χ3v) is 10.1. The van der Waals surface area contributed by atoms with Crippen LogP contribution in [0.5, 0.6) is 0 Å². The van der Waals surface area contributed by atoms with Crippen molar-refractivity contribution in [2.75, 3.05) is 46.4 Å². The average molecular weight is 447 g/mol. The van der Waals surface area contributed by atoms with Crippen LogP contribution in [0.2, 0.25) is 0 Å². The Morgan fingerprint density at radius 2 is 1.81 bits per heavy atom. The van der Waals surface area contributed by atoms with Crippen LogP contribution in [0.25, 0.3) is 0 Å². The summed E-state index contributed by atoms with van der Waals surface area (Å²) < 4.78 is 11.7. The van der Waals surface area contributed by atoms with Crippen molar-refractivity contribution in [2.24, 2.45) is 28.6 Å². The Labute approximate surface area is 193 Å². The van der Waals surface area contributed by atoms with Gasteiger partial charge in [0.2, 0.25) is 0 Å². The van der Waals surface area contributed by atoms with Gasteiger partial charge < -0.3 is 14.4 Å². The normalized spacial score (nSPS) is 44.8. The molecule has 0 radical (unpaired) electrons. The molecule has 1 spiro atoms. The van der Waals surface area contributed by atoms with Gasteiger partial charge in [-0.2, -0.15) is 0 Å². The van der Waals surface area contributed by atoms with Gasteiger partial charge in [0.15, 0.2) is 0 Å². The Kier molecular flexibility index (Phi) is 5.85. The summed E-state index contributed by atoms with van der Waals surface area (Å²) in [5.41, 5.74) is -0.533. The number of carbonyl (C=O) groups is 2. The third-order valence-electron chi connectivity index (χ3n) is 10.1. The molecular weight excluding hydrogens is 404 g/mol. The van der Waals surface area contributed by atoms with E-state index in [4.69, 9.17) is 9.47 Å². The zero-order valence-electron chi connectivity index (χ0n) is 20.4. The molecule has 0 N–H and O–H groups in total. The van der Waals surface area contributed by atoms with E-state index in [0.717, 1.165) is 77.7 Å². The second-order valence-corrected chi connectivity index (χ2v) is 12.2. The van der Waals surface area contributed by atoms with Crippen LogP contribution in [0.1, 0.15) is 71.6 Å². The maximum atomic E-state index is 13.4. The van der Waals surface area contributed by atoms with Gasteiger partial charge in [0.1, 0.15) is 12.2 Å². The molecule has 6 nitrogen and oxygen atoms in total. The lowest BCUT2D eigenvalue weighted by molar-refractivity contribution is -0.213. The van der Waals surface area contributed by atoms with Gasteiger partial charge in [-0.1, -0.05) is 6.42 Å². The van der Waals surface area contributed by atoms with Crippen molar-refractivity contribution < 1.29 is 19.1 Å². The van der Waals surface area contributed by atoms with Crippen LogP contribution >= 0.6 is 0 Å². The molecule has 0 aromatic rings. The number of fused-ring (bicyclic) bond motifs is 3. The van der Waals surface area contributed by atoms with Crippen molar-refractivity contribution in [1.82, 2.24) is 9.80 Å². The molecule has 32 heavy (non-hydrogen) atoms. The number of esters is 2. The fourth-order valence-electron chi connectivity index (χ4n) is 8.42. The fourth-order valence-corrected chi connectivity index (χ4v) is 8.42. The maximum absolute atomic E-state index is 13.4. The quantitative estimate of drug-likeness (QED) is 0.616. The van der Waals surface area contributed by atoms with E-state index in [1.807, 2.05) is 0 Å². The van der Waals surface area contributed by atoms with Gasteiger partial charge in [-0.3, -0.25) is 14.5 Å². The standard InChI is InChI=1S/C26H42N2O4/c1-24-9-6-21-19-5-4-8-25(2,20(19)7-10-26(21,18-24)17-22(29)32-24)23(30)31-16-15-28-13-11-27(3)12-14-28/h19-21H,4-18H2,1-3H3/t19?,20-,21-,24-,25+,26-/m0/s1. The van der Waals surface area contributed by atoms with E-state index in [9.17, 15) is 9.59 Å². The predicted molar refractivity (Wildman–Crippen MR) is 122 cm³/mol. The van der Waals surface area contributed by atoms with Crippen LogP contribution in [-0.2, 0) is 19.1 Å². The minimum Gasteiger partial charge on any atom is -0.464 e. The zero-order chi connectivity index (χ0) is 22.6. The molecule has 6 atom stereocenters. The molecule has 3 aliphatic carbocycles. The van der Waals surface area contributed by atoms with Gasteiger partial charge in [0.25, 0.3) is 0 Å². The van der Waals surface area contributed by atoms with E-state index in [2.05, 4.69) is 30.7 Å². The van der Waals surface area contributed by atoms with Gasteiger partial charge >= 0.3 is 11.9 Å². The molecule has 2 bridgehead atoms. The first-order valence-corrected chi connectivity index (χ1v) is 13.0. The number of ether oxygens (including phenoxy) is 2. The zero-order valence-corrected chi connectivity index (χ0v) is 20.4. The Morgan fingerprint density at radius 1 is 1.06 bits per heavy atom. The third kappa shape index (κ3) is 3.89. The van der Waals surface area contributed by atoms with Crippen molar-refractivity contribution in [3.8, 4) is 0 Å². The minimum atomic E-state index is -0.372. The van der Waals surface area contributed by atoms with Crippen molar-refractivity contribution in [3.63, 3.8) is 0 Å². The van der Waals surface area contributed by atoms with E-state index < -0.39 is 0 Å². The molecule has 180 valence electrons. The fraction of sp³-hybridized carbons (Fsp3) is 0.923. The summed E-state index contributed by atoms with van der Waals surface area (Å²) in [5.74, 6) is 1.53. The Balaban J connectivity index is 1.25. The molecule has 2 heterocycles. The molecule has 1 unspecified atom stereocenters. The van der Waals surface area contributed by atoms with Crippen molar-refractivity contribution in [2.45, 2.75) is 77.2 Å². The summed E-state index contributed by atoms with van der Waals surface area (Å²) in [7, 11) is 2.16. The first kappa shape index (κ1) is 22.6. The molecule has 0 amide bonds. The molecule has 3 saturated carbocycles. The monoisotopic (exact) mass is 446 g/mol. The van der Waals surface area contributed by atoms with E-state index in [-0.39, 0.29) is 28.4 Å². The number of carbonyl (C=O) groups excluding carboxylic acids is 2. The highest BCUT2D eigenvalue weighted by Gasteiger charge is 2.62. The number of nitrogens with zero attached hydrogens (tertiary/aromatic N) is 2. The largest absolute Gasteiger partial charge is 0.464 e. The van der Waals surface area contributed by atoms with Crippen LogP contribution in [-0.4, -0.2) is 73.7 Å². The van der Waals surface area contributed by atoms with Gasteiger partial charge in [0, 0.05) is 32.7 Å². The van der Waals surface area contributed by atoms with Gasteiger partial charge in [-0.05, 0) is 89.0 Å². The molecule has 2 saturated heterocycles. The molecule has 5 rings (SSSR count). The molecule has 6 heteroatoms. The minimum absolute atomic E-state index is 0.00351. The molecule has 5 aliphatic rings. The lowest BCUT2D eigenvalue weighted by Gasteiger charge is -2.62. The smallest absolute Gasteiger partial charge is 0.312 e. The predicted octanol–water partition coefficient (Wildman–Crippen LogP) is 3.49. The molecule has 0 aromatic heterocycles. The number of hydrogen-bond acceptors (Lipinski definition) is 6. The van der Waals surface area contributed by atoms with Gasteiger partial charge in [-0.15, -0.1) is 0 Å². The number of likely N-dealkylation sites (N-methyl/N-ethyl adjacent to an activating group) is 1. The van der Waals surface area contributed by atoms with Gasteiger partial charge in [0.05, 0.1) is 11.8 Å². The highest BCUT2D eigenvalue weighted by molar-refractivity contribution is 5.77. The van der Waals surface area contributed by atoms with Crippen molar-refractivity contribution >= 4 is 11.9 Å². The highest BCUT2D eigenvalue weighted by Crippen LogP contribution is 2.66. The van der Waals surface area contributed by atoms with E-state index in [1.54, 1.807) is 0 Å². The van der Waals surface area contributed by atoms with Crippen LogP contribution in [0.15, 0.2) is 0 Å². The number of rotatable bonds is 4. The first-order chi connectivity index (χ1) is 15.2. The Bertz CT molecular complexity index is 750. The molecule has 0 aromatic carbocycles. The number of hydrogen-bond donors (Lipinski definition) is 0. The molecule has 5 fully saturated rings.